The van der Waals surface area contributed by atoms with Gasteiger partial charge in [0.1, 0.15) is 30.2 Å². The molecule has 1 saturated heterocycles. The predicted octanol–water partition coefficient (Wildman–Crippen LogP) is 2.06. The summed E-state index contributed by atoms with van der Waals surface area (Å²) in [5, 5.41) is 14.2. The van der Waals surface area contributed by atoms with E-state index < -0.39 is 0 Å². The Morgan fingerprint density at radius 3 is 3.09 bits per heavy atom. The topological polar surface area (TPSA) is 123 Å². The minimum atomic E-state index is -0.0991. The maximum Gasteiger partial charge on any atom is 0.246 e. The molecule has 1 unspecified atom stereocenters. The first-order chi connectivity index (χ1) is 15.6. The van der Waals surface area contributed by atoms with Crippen molar-refractivity contribution >= 4 is 22.8 Å². The number of carbonyl (C=O) groups excluding carboxylic acids is 1. The number of nitrogen functional groups attached to an aromatic ring is 1. The molecule has 4 rings (SSSR count). The number of benzene rings is 1. The van der Waals surface area contributed by atoms with Gasteiger partial charge in [0.15, 0.2) is 5.65 Å². The first kappa shape index (κ1) is 20.9. The number of fused-ring (bicyclic) bond motifs is 1. The molecule has 1 aromatic carbocycles. The molecule has 1 amide bonds. The molecule has 2 N–H and O–H groups in total. The van der Waals surface area contributed by atoms with Gasteiger partial charge in [-0.1, -0.05) is 18.6 Å². The Labute approximate surface area is 185 Å². The highest BCUT2D eigenvalue weighted by Crippen LogP contribution is 2.28. The Bertz CT molecular complexity index is 1280. The van der Waals surface area contributed by atoms with E-state index in [-0.39, 0.29) is 18.6 Å². The summed E-state index contributed by atoms with van der Waals surface area (Å²) in [7, 11) is 0. The quantitative estimate of drug-likeness (QED) is 0.499. The third kappa shape index (κ3) is 4.23. The molecule has 9 heteroatoms. The number of likely N-dealkylation sites (tertiary alicyclic amines) is 1. The average molecular weight is 427 g/mol. The van der Waals surface area contributed by atoms with Crippen LogP contribution < -0.4 is 10.5 Å². The zero-order chi connectivity index (χ0) is 22.5. The van der Waals surface area contributed by atoms with Crippen LogP contribution in [0.15, 0.2) is 43.2 Å². The van der Waals surface area contributed by atoms with E-state index >= 15 is 0 Å². The summed E-state index contributed by atoms with van der Waals surface area (Å²) >= 11 is 0. The Hall–Kier alpha value is -4.37. The highest BCUT2D eigenvalue weighted by atomic mass is 16.5. The zero-order valence-electron chi connectivity index (χ0n) is 17.4. The van der Waals surface area contributed by atoms with Crippen molar-refractivity contribution in [1.29, 1.82) is 5.26 Å². The Morgan fingerprint density at radius 1 is 1.41 bits per heavy atom. The number of rotatable bonds is 4. The van der Waals surface area contributed by atoms with Crippen LogP contribution >= 0.6 is 0 Å². The van der Waals surface area contributed by atoms with Crippen LogP contribution in [0.25, 0.3) is 11.0 Å². The number of hydrogen-bond acceptors (Lipinski definition) is 7. The molecule has 1 aliphatic rings. The minimum absolute atomic E-state index is 0.0510. The molecule has 3 aromatic rings. The van der Waals surface area contributed by atoms with Crippen LogP contribution in [0.3, 0.4) is 0 Å². The highest BCUT2D eigenvalue weighted by Gasteiger charge is 2.27. The smallest absolute Gasteiger partial charge is 0.246 e. The van der Waals surface area contributed by atoms with E-state index in [1.165, 1.54) is 12.4 Å². The van der Waals surface area contributed by atoms with Gasteiger partial charge in [0.25, 0.3) is 0 Å². The summed E-state index contributed by atoms with van der Waals surface area (Å²) in [4.78, 5) is 22.3. The molecule has 0 aliphatic carbocycles. The lowest BCUT2D eigenvalue weighted by Gasteiger charge is -2.32. The van der Waals surface area contributed by atoms with E-state index in [0.29, 0.717) is 46.9 Å². The van der Waals surface area contributed by atoms with Crippen LogP contribution in [-0.2, 0) is 4.79 Å². The third-order valence-electron chi connectivity index (χ3n) is 5.23. The lowest BCUT2D eigenvalue weighted by molar-refractivity contribution is -0.127. The van der Waals surface area contributed by atoms with Crippen LogP contribution in [0.5, 0.6) is 5.75 Å². The van der Waals surface area contributed by atoms with Gasteiger partial charge >= 0.3 is 0 Å². The summed E-state index contributed by atoms with van der Waals surface area (Å²) in [6.07, 6.45) is 4.43. The van der Waals surface area contributed by atoms with E-state index in [1.54, 1.807) is 33.8 Å². The molecule has 32 heavy (non-hydrogen) atoms. The second-order valence-corrected chi connectivity index (χ2v) is 7.27. The van der Waals surface area contributed by atoms with E-state index in [4.69, 9.17) is 15.7 Å². The second-order valence-electron chi connectivity index (χ2n) is 7.27. The van der Waals surface area contributed by atoms with Gasteiger partial charge in [0.2, 0.25) is 5.91 Å². The van der Waals surface area contributed by atoms with Crippen molar-refractivity contribution in [1.82, 2.24) is 24.6 Å². The van der Waals surface area contributed by atoms with Crippen molar-refractivity contribution in [3.8, 4) is 23.7 Å². The first-order valence-electron chi connectivity index (χ1n) is 10.1. The third-order valence-corrected chi connectivity index (χ3v) is 5.23. The normalized spacial score (nSPS) is 15.5. The van der Waals surface area contributed by atoms with Crippen molar-refractivity contribution in [3.05, 3.63) is 54.5 Å². The lowest BCUT2D eigenvalue weighted by atomic mass is 10.1. The lowest BCUT2D eigenvalue weighted by Crippen LogP contribution is -2.40. The Morgan fingerprint density at radius 2 is 2.28 bits per heavy atom. The van der Waals surface area contributed by atoms with Crippen molar-refractivity contribution in [2.75, 3.05) is 25.4 Å². The molecular weight excluding hydrogens is 406 g/mol. The van der Waals surface area contributed by atoms with E-state index in [9.17, 15) is 4.79 Å². The number of anilines is 1. The monoisotopic (exact) mass is 427 g/mol. The molecule has 2 aromatic heterocycles. The second kappa shape index (κ2) is 9.19. The van der Waals surface area contributed by atoms with E-state index in [0.717, 1.165) is 12.8 Å². The summed E-state index contributed by atoms with van der Waals surface area (Å²) < 4.78 is 7.40. The number of ether oxygens (including phenoxy) is 1. The van der Waals surface area contributed by atoms with Crippen LogP contribution in [0.1, 0.15) is 30.1 Å². The van der Waals surface area contributed by atoms with Gasteiger partial charge in [-0.15, -0.1) is 0 Å². The highest BCUT2D eigenvalue weighted by molar-refractivity contribution is 5.90. The van der Waals surface area contributed by atoms with E-state index in [1.807, 2.05) is 0 Å². The summed E-state index contributed by atoms with van der Waals surface area (Å²) in [5.41, 5.74) is 7.67. The van der Waals surface area contributed by atoms with Crippen LogP contribution in [0.4, 0.5) is 5.82 Å². The number of nitrogens with two attached hydrogens (primary N) is 1. The standard InChI is InChI=1S/C23H21N7O2/c1-2-20(31)29-10-4-7-17(14-29)30-23-21(22(25)26-15-27-23)19(28-30)9-5-11-32-18-8-3-6-16(12-18)13-24/h2-3,6,8,12,15,17H,1,4,7,10-11,14H2,(H2,25,26,27). The van der Waals surface area contributed by atoms with Gasteiger partial charge in [-0.3, -0.25) is 4.79 Å². The maximum atomic E-state index is 12.1. The number of hydrogen-bond donors (Lipinski definition) is 1. The molecule has 160 valence electrons. The molecular formula is C23H21N7O2. The number of piperidine rings is 1. The van der Waals surface area contributed by atoms with Gasteiger partial charge < -0.3 is 15.4 Å². The van der Waals surface area contributed by atoms with Crippen molar-refractivity contribution in [2.45, 2.75) is 18.9 Å². The molecule has 0 radical (unpaired) electrons. The van der Waals surface area contributed by atoms with Gasteiger partial charge in [0.05, 0.1) is 23.1 Å². The minimum Gasteiger partial charge on any atom is -0.481 e. The van der Waals surface area contributed by atoms with Crippen LogP contribution in [-0.4, -0.2) is 50.3 Å². The fraction of sp³-hybridized carbons (Fsp3) is 0.261. The number of nitrogens with zero attached hydrogens (tertiary/aromatic N) is 6. The molecule has 0 bridgehead atoms. The van der Waals surface area contributed by atoms with Crippen molar-refractivity contribution in [3.63, 3.8) is 0 Å². The fourth-order valence-corrected chi connectivity index (χ4v) is 3.72. The summed E-state index contributed by atoms with van der Waals surface area (Å²) in [5.74, 6) is 6.70. The van der Waals surface area contributed by atoms with E-state index in [2.05, 4.69) is 39.6 Å². The molecule has 0 spiro atoms. The van der Waals surface area contributed by atoms with Gasteiger partial charge in [-0.2, -0.15) is 10.4 Å². The largest absolute Gasteiger partial charge is 0.481 e. The summed E-state index contributed by atoms with van der Waals surface area (Å²) in [6.45, 7) is 4.89. The number of amides is 1. The molecule has 1 aliphatic heterocycles. The average Bonchev–Trinajstić information content (AvgIpc) is 3.21. The fourth-order valence-electron chi connectivity index (χ4n) is 3.72. The van der Waals surface area contributed by atoms with Gasteiger partial charge in [-0.05, 0) is 43.0 Å². The SMILES string of the molecule is C=CC(=O)N1CCCC(n2nc(C#CCOc3cccc(C#N)c3)c3c(N)ncnc32)C1. The Balaban J connectivity index is 1.59. The first-order valence-corrected chi connectivity index (χ1v) is 10.1. The zero-order valence-corrected chi connectivity index (χ0v) is 17.4. The molecule has 1 fully saturated rings. The molecule has 1 atom stereocenters. The van der Waals surface area contributed by atoms with Crippen molar-refractivity contribution < 1.29 is 9.53 Å². The molecule has 3 heterocycles. The number of aromatic nitrogens is 4. The Kier molecular flexibility index (Phi) is 6.00. The predicted molar refractivity (Wildman–Crippen MR) is 118 cm³/mol. The van der Waals surface area contributed by atoms with Crippen molar-refractivity contribution in [2.24, 2.45) is 0 Å². The molecule has 9 nitrogen and oxygen atoms in total. The van der Waals surface area contributed by atoms with Crippen LogP contribution in [0, 0.1) is 23.2 Å². The number of nitriles is 1. The van der Waals surface area contributed by atoms with Gasteiger partial charge in [0, 0.05) is 13.1 Å². The number of carbonyl (C=O) groups is 1. The maximum absolute atomic E-state index is 12.1. The molecule has 0 saturated carbocycles. The summed E-state index contributed by atoms with van der Waals surface area (Å²) in [6, 6.07) is 8.88. The van der Waals surface area contributed by atoms with Gasteiger partial charge in [-0.25, -0.2) is 14.6 Å². The van der Waals surface area contributed by atoms with Crippen LogP contribution in [0.2, 0.25) is 0 Å².